The molecule has 0 radical (unpaired) electrons. The molecule has 0 aliphatic heterocycles. The molecule has 4 atom stereocenters. The van der Waals surface area contributed by atoms with Crippen LogP contribution in [0.3, 0.4) is 0 Å². The van der Waals surface area contributed by atoms with Gasteiger partial charge >= 0.3 is 0 Å². The molecule has 1 N–H and O–H groups in total. The van der Waals surface area contributed by atoms with Gasteiger partial charge in [0.15, 0.2) is 0 Å². The van der Waals surface area contributed by atoms with Gasteiger partial charge in [-0.3, -0.25) is 0 Å². The first-order valence-electron chi connectivity index (χ1n) is 5.75. The van der Waals surface area contributed by atoms with E-state index < -0.39 is 0 Å². The van der Waals surface area contributed by atoms with Gasteiger partial charge in [-0.15, -0.1) is 0 Å². The summed E-state index contributed by atoms with van der Waals surface area (Å²) in [5.41, 5.74) is 0. The zero-order valence-corrected chi connectivity index (χ0v) is 9.53. The third kappa shape index (κ3) is 1.86. The Bertz CT molecular complexity index is 222. The molecular formula is C12H22N2. The van der Waals surface area contributed by atoms with E-state index in [2.05, 4.69) is 43.4 Å². The first-order valence-corrected chi connectivity index (χ1v) is 5.75. The maximum atomic E-state index is 3.68. The molecule has 0 aromatic heterocycles. The summed E-state index contributed by atoms with van der Waals surface area (Å²) in [6.07, 6.45) is 7.47. The predicted octanol–water partition coefficient (Wildman–Crippen LogP) is 1.49. The molecule has 0 spiro atoms. The van der Waals surface area contributed by atoms with Gasteiger partial charge in [0.05, 0.1) is 0 Å². The van der Waals surface area contributed by atoms with Crippen molar-refractivity contribution < 1.29 is 0 Å². The standard InChI is InChI=1S/C12H22N2/c1-9(14(2)3)8-13-12-7-10-5-4-6-11(10)12/h4,6,9-13H,5,7-8H2,1-3H3. The Balaban J connectivity index is 1.70. The van der Waals surface area contributed by atoms with Crippen LogP contribution in [-0.2, 0) is 0 Å². The fourth-order valence-corrected chi connectivity index (χ4v) is 2.45. The minimum atomic E-state index is 0.638. The van der Waals surface area contributed by atoms with Crippen LogP contribution in [0.2, 0.25) is 0 Å². The van der Waals surface area contributed by atoms with Crippen LogP contribution in [0.5, 0.6) is 0 Å². The molecule has 2 nitrogen and oxygen atoms in total. The lowest BCUT2D eigenvalue weighted by Crippen LogP contribution is -2.51. The summed E-state index contributed by atoms with van der Waals surface area (Å²) < 4.78 is 0. The van der Waals surface area contributed by atoms with Gasteiger partial charge in [-0.2, -0.15) is 0 Å². The van der Waals surface area contributed by atoms with Gasteiger partial charge < -0.3 is 10.2 Å². The fraction of sp³-hybridized carbons (Fsp3) is 0.833. The molecule has 0 saturated heterocycles. The zero-order chi connectivity index (χ0) is 10.1. The van der Waals surface area contributed by atoms with Crippen molar-refractivity contribution in [1.29, 1.82) is 0 Å². The fourth-order valence-electron chi connectivity index (χ4n) is 2.45. The minimum absolute atomic E-state index is 0.638. The molecule has 1 saturated carbocycles. The van der Waals surface area contributed by atoms with Gasteiger partial charge in [-0.05, 0) is 45.7 Å². The highest BCUT2D eigenvalue weighted by Crippen LogP contribution is 2.42. The second kappa shape index (κ2) is 4.03. The Kier molecular flexibility index (Phi) is 2.93. The average Bonchev–Trinajstić information content (AvgIpc) is 2.47. The van der Waals surface area contributed by atoms with Crippen molar-refractivity contribution in [2.75, 3.05) is 20.6 Å². The highest BCUT2D eigenvalue weighted by Gasteiger charge is 2.40. The largest absolute Gasteiger partial charge is 0.312 e. The number of nitrogens with zero attached hydrogens (tertiary/aromatic N) is 1. The van der Waals surface area contributed by atoms with Gasteiger partial charge in [-0.25, -0.2) is 0 Å². The molecule has 1 fully saturated rings. The molecule has 4 unspecified atom stereocenters. The second-order valence-corrected chi connectivity index (χ2v) is 5.06. The summed E-state index contributed by atoms with van der Waals surface area (Å²) in [6, 6.07) is 1.40. The summed E-state index contributed by atoms with van der Waals surface area (Å²) in [7, 11) is 4.29. The molecule has 0 aromatic rings. The Labute approximate surface area is 87.4 Å². The van der Waals surface area contributed by atoms with Crippen molar-refractivity contribution in [3.8, 4) is 0 Å². The molecular weight excluding hydrogens is 172 g/mol. The number of fused-ring (bicyclic) bond motifs is 1. The smallest absolute Gasteiger partial charge is 0.0186 e. The predicted molar refractivity (Wildman–Crippen MR) is 60.3 cm³/mol. The van der Waals surface area contributed by atoms with Crippen molar-refractivity contribution in [3.63, 3.8) is 0 Å². The van der Waals surface area contributed by atoms with Crippen molar-refractivity contribution in [3.05, 3.63) is 12.2 Å². The Hall–Kier alpha value is -0.340. The second-order valence-electron chi connectivity index (χ2n) is 5.06. The Morgan fingerprint density at radius 2 is 2.29 bits per heavy atom. The highest BCUT2D eigenvalue weighted by molar-refractivity contribution is 5.12. The van der Waals surface area contributed by atoms with E-state index in [1.54, 1.807) is 0 Å². The SMILES string of the molecule is CC(CNC1CC2CC=CC21)N(C)C. The summed E-state index contributed by atoms with van der Waals surface area (Å²) in [5, 5.41) is 3.68. The summed E-state index contributed by atoms with van der Waals surface area (Å²) in [5.74, 6) is 1.83. The molecule has 80 valence electrons. The lowest BCUT2D eigenvalue weighted by molar-refractivity contribution is 0.152. The van der Waals surface area contributed by atoms with E-state index in [1.165, 1.54) is 12.8 Å². The van der Waals surface area contributed by atoms with E-state index in [9.17, 15) is 0 Å². The van der Waals surface area contributed by atoms with E-state index >= 15 is 0 Å². The maximum Gasteiger partial charge on any atom is 0.0186 e. The number of hydrogen-bond donors (Lipinski definition) is 1. The van der Waals surface area contributed by atoms with Crippen molar-refractivity contribution in [2.24, 2.45) is 11.8 Å². The average molecular weight is 194 g/mol. The van der Waals surface area contributed by atoms with Crippen molar-refractivity contribution >= 4 is 0 Å². The van der Waals surface area contributed by atoms with Crippen molar-refractivity contribution in [1.82, 2.24) is 10.2 Å². The minimum Gasteiger partial charge on any atom is -0.312 e. The normalized spacial score (nSPS) is 37.0. The van der Waals surface area contributed by atoms with Crippen LogP contribution < -0.4 is 5.32 Å². The number of allylic oxidation sites excluding steroid dienone is 1. The third-order valence-electron chi connectivity index (χ3n) is 3.92. The van der Waals surface area contributed by atoms with Gasteiger partial charge in [0.2, 0.25) is 0 Å². The number of nitrogens with one attached hydrogen (secondary N) is 1. The Morgan fingerprint density at radius 3 is 2.93 bits per heavy atom. The van der Waals surface area contributed by atoms with Gasteiger partial charge in [0.25, 0.3) is 0 Å². The summed E-state index contributed by atoms with van der Waals surface area (Å²) in [4.78, 5) is 2.27. The quantitative estimate of drug-likeness (QED) is 0.682. The first kappa shape index (κ1) is 10.2. The van der Waals surface area contributed by atoms with Crippen LogP contribution >= 0.6 is 0 Å². The van der Waals surface area contributed by atoms with Gasteiger partial charge in [-0.1, -0.05) is 12.2 Å². The number of rotatable bonds is 4. The van der Waals surface area contributed by atoms with Crippen LogP contribution in [-0.4, -0.2) is 37.6 Å². The van der Waals surface area contributed by atoms with E-state index in [4.69, 9.17) is 0 Å². The summed E-state index contributed by atoms with van der Waals surface area (Å²) in [6.45, 7) is 3.39. The molecule has 2 rings (SSSR count). The highest BCUT2D eigenvalue weighted by atomic mass is 15.1. The number of hydrogen-bond acceptors (Lipinski definition) is 2. The lowest BCUT2D eigenvalue weighted by atomic mass is 9.71. The van der Waals surface area contributed by atoms with Gasteiger partial charge in [0, 0.05) is 18.6 Å². The van der Waals surface area contributed by atoms with Crippen molar-refractivity contribution in [2.45, 2.75) is 31.8 Å². The molecule has 2 aliphatic rings. The van der Waals surface area contributed by atoms with Crippen LogP contribution in [0.25, 0.3) is 0 Å². The van der Waals surface area contributed by atoms with E-state index in [-0.39, 0.29) is 0 Å². The number of likely N-dealkylation sites (N-methyl/N-ethyl adjacent to an activating group) is 1. The first-order chi connectivity index (χ1) is 6.68. The van der Waals surface area contributed by atoms with E-state index in [0.717, 1.165) is 24.4 Å². The molecule has 0 heterocycles. The topological polar surface area (TPSA) is 15.3 Å². The molecule has 0 amide bonds. The lowest BCUT2D eigenvalue weighted by Gasteiger charge is -2.41. The van der Waals surface area contributed by atoms with Crippen LogP contribution in [0, 0.1) is 11.8 Å². The van der Waals surface area contributed by atoms with E-state index in [0.29, 0.717) is 6.04 Å². The zero-order valence-electron chi connectivity index (χ0n) is 9.53. The van der Waals surface area contributed by atoms with Crippen LogP contribution in [0.15, 0.2) is 12.2 Å². The Morgan fingerprint density at radius 1 is 1.50 bits per heavy atom. The van der Waals surface area contributed by atoms with Crippen LogP contribution in [0.1, 0.15) is 19.8 Å². The molecule has 0 aromatic carbocycles. The molecule has 0 bridgehead atoms. The summed E-state index contributed by atoms with van der Waals surface area (Å²) >= 11 is 0. The molecule has 2 heteroatoms. The molecule has 14 heavy (non-hydrogen) atoms. The monoisotopic (exact) mass is 194 g/mol. The van der Waals surface area contributed by atoms with Crippen LogP contribution in [0.4, 0.5) is 0 Å². The third-order valence-corrected chi connectivity index (χ3v) is 3.92. The van der Waals surface area contributed by atoms with Gasteiger partial charge in [0.1, 0.15) is 0 Å². The molecule has 2 aliphatic carbocycles. The van der Waals surface area contributed by atoms with E-state index in [1.807, 2.05) is 0 Å². The maximum absolute atomic E-state index is 3.68.